The molecule has 3 N–H and O–H groups in total. The van der Waals surface area contributed by atoms with Crippen molar-refractivity contribution in [1.82, 2.24) is 19.7 Å². The van der Waals surface area contributed by atoms with Crippen molar-refractivity contribution < 1.29 is 0 Å². The van der Waals surface area contributed by atoms with Gasteiger partial charge in [-0.15, -0.1) is 0 Å². The number of rotatable bonds is 2. The zero-order chi connectivity index (χ0) is 15.7. The predicted octanol–water partition coefficient (Wildman–Crippen LogP) is 0.767. The number of nitrogens with one attached hydrogen (secondary N) is 1. The van der Waals surface area contributed by atoms with E-state index >= 15 is 0 Å². The lowest BCUT2D eigenvalue weighted by atomic mass is 10.1. The SMILES string of the molecule is C=c1[nH]cc(CC)/c1=c1/c(=C\N)c(-c2cccnc2)nn1C. The molecule has 0 atom stereocenters. The Hall–Kier alpha value is -2.82. The van der Waals surface area contributed by atoms with Gasteiger partial charge in [-0.2, -0.15) is 5.10 Å². The van der Waals surface area contributed by atoms with Crippen LogP contribution in [0.3, 0.4) is 0 Å². The van der Waals surface area contributed by atoms with Crippen LogP contribution >= 0.6 is 0 Å². The van der Waals surface area contributed by atoms with Crippen LogP contribution in [0.5, 0.6) is 0 Å². The standard InChI is InChI=1S/C17H19N5/c1-4-12-10-20-11(2)15(12)17-14(8-18)16(21-22(17)3)13-6-5-7-19-9-13/h5-10,20H,2,4,18H2,1,3H3/b14-8-,17-15-. The van der Waals surface area contributed by atoms with Gasteiger partial charge in [-0.3, -0.25) is 9.67 Å². The normalized spacial score (nSPS) is 13.6. The molecule has 0 saturated heterocycles. The second-order valence-electron chi connectivity index (χ2n) is 5.16. The average molecular weight is 293 g/mol. The fourth-order valence-corrected chi connectivity index (χ4v) is 2.80. The molecule has 0 saturated carbocycles. The molecular formula is C17H19N5. The first-order valence-corrected chi connectivity index (χ1v) is 7.22. The molecule has 22 heavy (non-hydrogen) atoms. The molecule has 112 valence electrons. The summed E-state index contributed by atoms with van der Waals surface area (Å²) in [6.45, 7) is 6.22. The number of aromatic amines is 1. The highest BCUT2D eigenvalue weighted by molar-refractivity contribution is 5.59. The van der Waals surface area contributed by atoms with Gasteiger partial charge in [0, 0.05) is 53.2 Å². The van der Waals surface area contributed by atoms with E-state index in [9.17, 15) is 0 Å². The molecule has 3 aromatic rings. The Morgan fingerprint density at radius 2 is 2.27 bits per heavy atom. The molecule has 0 aromatic carbocycles. The zero-order valence-electron chi connectivity index (χ0n) is 12.8. The molecule has 3 heterocycles. The summed E-state index contributed by atoms with van der Waals surface area (Å²) < 4.78 is 1.86. The van der Waals surface area contributed by atoms with Crippen molar-refractivity contribution >= 4 is 12.8 Å². The number of hydrogen-bond donors (Lipinski definition) is 2. The molecule has 0 bridgehead atoms. The van der Waals surface area contributed by atoms with Crippen LogP contribution in [0.25, 0.3) is 24.0 Å². The van der Waals surface area contributed by atoms with Crippen LogP contribution in [0.4, 0.5) is 0 Å². The van der Waals surface area contributed by atoms with E-state index in [1.807, 2.05) is 30.1 Å². The highest BCUT2D eigenvalue weighted by Crippen LogP contribution is 2.11. The fraction of sp³-hybridized carbons (Fsp3) is 0.176. The summed E-state index contributed by atoms with van der Waals surface area (Å²) in [5, 5.41) is 8.47. The monoisotopic (exact) mass is 293 g/mol. The summed E-state index contributed by atoms with van der Waals surface area (Å²) in [5.41, 5.74) is 8.90. The first-order chi connectivity index (χ1) is 10.7. The molecular weight excluding hydrogens is 274 g/mol. The van der Waals surface area contributed by atoms with Gasteiger partial charge in [-0.25, -0.2) is 0 Å². The Labute approximate surface area is 128 Å². The van der Waals surface area contributed by atoms with Crippen molar-refractivity contribution in [2.75, 3.05) is 0 Å². The van der Waals surface area contributed by atoms with Crippen LogP contribution in [-0.4, -0.2) is 19.7 Å². The highest BCUT2D eigenvalue weighted by Gasteiger charge is 2.09. The van der Waals surface area contributed by atoms with Crippen molar-refractivity contribution in [2.45, 2.75) is 13.3 Å². The summed E-state index contributed by atoms with van der Waals surface area (Å²) >= 11 is 0. The van der Waals surface area contributed by atoms with Gasteiger partial charge in [0.25, 0.3) is 0 Å². The van der Waals surface area contributed by atoms with Gasteiger partial charge < -0.3 is 10.7 Å². The quantitative estimate of drug-likeness (QED) is 0.733. The van der Waals surface area contributed by atoms with Crippen molar-refractivity contribution in [3.8, 4) is 11.3 Å². The third-order valence-electron chi connectivity index (χ3n) is 3.85. The Kier molecular flexibility index (Phi) is 3.55. The third kappa shape index (κ3) is 2.11. The molecule has 0 aliphatic heterocycles. The molecule has 0 unspecified atom stereocenters. The summed E-state index contributed by atoms with van der Waals surface area (Å²) in [4.78, 5) is 7.36. The second-order valence-corrected chi connectivity index (χ2v) is 5.16. The molecule has 3 aromatic heterocycles. The molecule has 0 radical (unpaired) electrons. The lowest BCUT2D eigenvalue weighted by molar-refractivity contribution is 0.744. The van der Waals surface area contributed by atoms with Crippen molar-refractivity contribution in [3.63, 3.8) is 0 Å². The van der Waals surface area contributed by atoms with E-state index < -0.39 is 0 Å². The van der Waals surface area contributed by atoms with Crippen LogP contribution in [0.2, 0.25) is 0 Å². The molecule has 0 amide bonds. The molecule has 0 spiro atoms. The molecule has 5 nitrogen and oxygen atoms in total. The first-order valence-electron chi connectivity index (χ1n) is 7.22. The van der Waals surface area contributed by atoms with Crippen LogP contribution < -0.4 is 16.3 Å². The van der Waals surface area contributed by atoms with Gasteiger partial charge >= 0.3 is 0 Å². The second kappa shape index (κ2) is 5.52. The Balaban J connectivity index is 2.55. The topological polar surface area (TPSA) is 72.5 Å². The number of nitrogens with two attached hydrogens (primary N) is 1. The summed E-state index contributed by atoms with van der Waals surface area (Å²) in [6, 6.07) is 3.87. The van der Waals surface area contributed by atoms with Crippen LogP contribution in [0.15, 0.2) is 30.7 Å². The molecule has 3 rings (SSSR count). The van der Waals surface area contributed by atoms with Gasteiger partial charge in [0.15, 0.2) is 0 Å². The van der Waals surface area contributed by atoms with Crippen LogP contribution in [-0.2, 0) is 13.5 Å². The number of aryl methyl sites for hydroxylation is 2. The number of pyridine rings is 1. The smallest absolute Gasteiger partial charge is 0.103 e. The van der Waals surface area contributed by atoms with Crippen molar-refractivity contribution in [3.05, 3.63) is 57.4 Å². The van der Waals surface area contributed by atoms with Crippen molar-refractivity contribution in [2.24, 2.45) is 12.8 Å². The van der Waals surface area contributed by atoms with Gasteiger partial charge in [-0.05, 0) is 24.1 Å². The Bertz CT molecular complexity index is 996. The maximum Gasteiger partial charge on any atom is 0.103 e. The van der Waals surface area contributed by atoms with Crippen LogP contribution in [0.1, 0.15) is 12.5 Å². The van der Waals surface area contributed by atoms with E-state index in [2.05, 4.69) is 28.6 Å². The zero-order valence-corrected chi connectivity index (χ0v) is 12.8. The predicted molar refractivity (Wildman–Crippen MR) is 87.7 cm³/mol. The minimum absolute atomic E-state index is 0.829. The van der Waals surface area contributed by atoms with Gasteiger partial charge in [-0.1, -0.05) is 13.5 Å². The minimum atomic E-state index is 0.829. The van der Waals surface area contributed by atoms with E-state index in [1.54, 1.807) is 18.6 Å². The molecule has 0 aliphatic carbocycles. The largest absolute Gasteiger partial charge is 0.404 e. The van der Waals surface area contributed by atoms with Crippen molar-refractivity contribution in [1.29, 1.82) is 0 Å². The van der Waals surface area contributed by atoms with Gasteiger partial charge in [0.2, 0.25) is 0 Å². The fourth-order valence-electron chi connectivity index (χ4n) is 2.80. The summed E-state index contributed by atoms with van der Waals surface area (Å²) in [5.74, 6) is 0. The number of nitrogens with zero attached hydrogens (tertiary/aromatic N) is 3. The Morgan fingerprint density at radius 3 is 2.91 bits per heavy atom. The maximum atomic E-state index is 5.92. The Morgan fingerprint density at radius 1 is 1.45 bits per heavy atom. The van der Waals surface area contributed by atoms with Crippen LogP contribution in [0, 0.1) is 10.6 Å². The molecule has 5 heteroatoms. The van der Waals surface area contributed by atoms with E-state index in [0.29, 0.717) is 0 Å². The third-order valence-corrected chi connectivity index (χ3v) is 3.85. The number of hydrogen-bond acceptors (Lipinski definition) is 3. The summed E-state index contributed by atoms with van der Waals surface area (Å²) in [7, 11) is 1.92. The van der Waals surface area contributed by atoms with Gasteiger partial charge in [0.05, 0.1) is 5.35 Å². The average Bonchev–Trinajstić information content (AvgIpc) is 3.07. The highest BCUT2D eigenvalue weighted by atomic mass is 15.3. The number of aromatic nitrogens is 4. The van der Waals surface area contributed by atoms with E-state index in [-0.39, 0.29) is 0 Å². The van der Waals surface area contributed by atoms with E-state index in [0.717, 1.165) is 38.8 Å². The molecule has 0 fully saturated rings. The van der Waals surface area contributed by atoms with E-state index in [4.69, 9.17) is 5.73 Å². The lowest BCUT2D eigenvalue weighted by Gasteiger charge is -1.93. The minimum Gasteiger partial charge on any atom is -0.404 e. The summed E-state index contributed by atoms with van der Waals surface area (Å²) in [6.07, 6.45) is 8.06. The lowest BCUT2D eigenvalue weighted by Crippen LogP contribution is -2.12. The maximum absolute atomic E-state index is 5.92. The number of H-pyrrole nitrogens is 1. The van der Waals surface area contributed by atoms with E-state index in [1.165, 1.54) is 5.56 Å². The van der Waals surface area contributed by atoms with Gasteiger partial charge in [0.1, 0.15) is 5.69 Å². The first kappa shape index (κ1) is 14.1. The molecule has 0 aliphatic rings.